The van der Waals surface area contributed by atoms with Crippen LogP contribution in [0, 0.1) is 0 Å². The van der Waals surface area contributed by atoms with Crippen LogP contribution in [0.1, 0.15) is 239 Å². The third-order valence-electron chi connectivity index (χ3n) is 10.0. The zero-order valence-corrected chi connectivity index (χ0v) is 35.6. The number of esters is 2. The van der Waals surface area contributed by atoms with Crippen LogP contribution in [0.5, 0.6) is 0 Å². The van der Waals surface area contributed by atoms with Gasteiger partial charge in [0.2, 0.25) is 0 Å². The van der Waals surface area contributed by atoms with E-state index in [0.717, 1.165) is 44.9 Å². The average Bonchev–Trinajstić information content (AvgIpc) is 3.13. The first-order chi connectivity index (χ1) is 25.8. The molecule has 2 N–H and O–H groups in total. The van der Waals surface area contributed by atoms with Crippen LogP contribution in [-0.4, -0.2) is 41.0 Å². The molecule has 0 saturated carbocycles. The van der Waals surface area contributed by atoms with E-state index in [9.17, 15) is 14.2 Å². The van der Waals surface area contributed by atoms with Crippen LogP contribution in [0.25, 0.3) is 0 Å². The molecular formula is C44H85O8P. The Bertz CT molecular complexity index is 873. The van der Waals surface area contributed by atoms with Crippen molar-refractivity contribution in [3.63, 3.8) is 0 Å². The molecule has 0 aliphatic rings. The Morgan fingerprint density at radius 1 is 0.472 bits per heavy atom. The maximum absolute atomic E-state index is 12.4. The van der Waals surface area contributed by atoms with Crippen LogP contribution in [-0.2, 0) is 28.2 Å². The average molecular weight is 773 g/mol. The first-order valence-corrected chi connectivity index (χ1v) is 24.0. The van der Waals surface area contributed by atoms with Gasteiger partial charge in [-0.05, 0) is 38.5 Å². The van der Waals surface area contributed by atoms with E-state index < -0.39 is 32.5 Å². The maximum atomic E-state index is 12.4. The summed E-state index contributed by atoms with van der Waals surface area (Å²) in [5, 5.41) is 0. The van der Waals surface area contributed by atoms with Gasteiger partial charge in [0.25, 0.3) is 0 Å². The van der Waals surface area contributed by atoms with Gasteiger partial charge in [-0.2, -0.15) is 0 Å². The molecule has 0 rings (SSSR count). The van der Waals surface area contributed by atoms with E-state index in [1.54, 1.807) is 0 Å². The maximum Gasteiger partial charge on any atom is 0.469 e. The van der Waals surface area contributed by atoms with E-state index in [1.807, 2.05) is 0 Å². The van der Waals surface area contributed by atoms with Crippen molar-refractivity contribution < 1.29 is 37.9 Å². The highest BCUT2D eigenvalue weighted by Crippen LogP contribution is 2.36. The van der Waals surface area contributed by atoms with Crippen molar-refractivity contribution in [1.29, 1.82) is 0 Å². The predicted molar refractivity (Wildman–Crippen MR) is 221 cm³/mol. The number of unbranched alkanes of at least 4 members (excludes halogenated alkanes) is 30. The Kier molecular flexibility index (Phi) is 39.5. The molecule has 0 radical (unpaired) electrons. The molecule has 0 spiro atoms. The van der Waals surface area contributed by atoms with Crippen molar-refractivity contribution >= 4 is 19.8 Å². The number of hydrogen-bond donors (Lipinski definition) is 2. The van der Waals surface area contributed by atoms with E-state index in [4.69, 9.17) is 19.3 Å². The molecule has 0 bridgehead atoms. The highest BCUT2D eigenvalue weighted by atomic mass is 31.2. The molecule has 0 aliphatic heterocycles. The fourth-order valence-corrected chi connectivity index (χ4v) is 7.02. The number of carbonyl (C=O) groups is 2. The SMILES string of the molecule is CCCCCCCCCC/C=C\CCCCCCCCCC(=O)O[C@H](COC(=O)CCCCCCCCCCCCCCCCCC)COP(=O)(O)O. The van der Waals surface area contributed by atoms with Crippen molar-refractivity contribution in [2.75, 3.05) is 13.2 Å². The minimum Gasteiger partial charge on any atom is -0.462 e. The lowest BCUT2D eigenvalue weighted by Gasteiger charge is -2.18. The van der Waals surface area contributed by atoms with Gasteiger partial charge in [-0.3, -0.25) is 14.1 Å². The zero-order valence-electron chi connectivity index (χ0n) is 34.7. The molecule has 0 amide bonds. The Labute approximate surface area is 327 Å². The molecule has 0 aromatic rings. The van der Waals surface area contributed by atoms with Gasteiger partial charge in [-0.15, -0.1) is 0 Å². The van der Waals surface area contributed by atoms with Gasteiger partial charge in [0.15, 0.2) is 6.10 Å². The second kappa shape index (κ2) is 40.5. The molecule has 0 heterocycles. The smallest absolute Gasteiger partial charge is 0.462 e. The number of phosphoric acid groups is 1. The topological polar surface area (TPSA) is 119 Å². The summed E-state index contributed by atoms with van der Waals surface area (Å²) in [6, 6.07) is 0. The summed E-state index contributed by atoms with van der Waals surface area (Å²) in [7, 11) is -4.75. The van der Waals surface area contributed by atoms with Crippen LogP contribution in [0.15, 0.2) is 12.2 Å². The normalized spacial score (nSPS) is 12.5. The Morgan fingerprint density at radius 2 is 0.792 bits per heavy atom. The molecule has 0 aliphatic carbocycles. The van der Waals surface area contributed by atoms with Gasteiger partial charge in [-0.1, -0.05) is 199 Å². The van der Waals surface area contributed by atoms with Crippen LogP contribution < -0.4 is 0 Å². The molecule has 1 atom stereocenters. The molecule has 0 aromatic heterocycles. The number of ether oxygens (including phenoxy) is 2. The zero-order chi connectivity index (χ0) is 38.9. The van der Waals surface area contributed by atoms with E-state index in [-0.39, 0.29) is 19.4 Å². The van der Waals surface area contributed by atoms with Crippen molar-refractivity contribution in [2.24, 2.45) is 0 Å². The standard InChI is InChI=1S/C44H85O8P/c1-3-5-7-9-11-13-15-17-19-21-22-23-25-27-29-31-33-35-37-39-44(46)52-42(41-51-53(47,48)49)40-50-43(45)38-36-34-32-30-28-26-24-20-18-16-14-12-10-8-6-4-2/h21-22,42H,3-20,23-41H2,1-2H3,(H2,47,48,49)/b22-21-/t42-/m1/s1. The number of rotatable bonds is 42. The van der Waals surface area contributed by atoms with Crippen molar-refractivity contribution in [2.45, 2.75) is 245 Å². The minimum atomic E-state index is -4.75. The van der Waals surface area contributed by atoms with E-state index >= 15 is 0 Å². The molecule has 314 valence electrons. The lowest BCUT2D eigenvalue weighted by molar-refractivity contribution is -0.161. The molecule has 0 fully saturated rings. The van der Waals surface area contributed by atoms with Gasteiger partial charge < -0.3 is 19.3 Å². The largest absolute Gasteiger partial charge is 0.469 e. The third-order valence-corrected chi connectivity index (χ3v) is 10.5. The van der Waals surface area contributed by atoms with Gasteiger partial charge in [0.1, 0.15) is 6.61 Å². The first-order valence-electron chi connectivity index (χ1n) is 22.5. The van der Waals surface area contributed by atoms with Crippen LogP contribution in [0.4, 0.5) is 0 Å². The Balaban J connectivity index is 3.85. The van der Waals surface area contributed by atoms with Crippen LogP contribution in [0.3, 0.4) is 0 Å². The summed E-state index contributed by atoms with van der Waals surface area (Å²) in [6.45, 7) is 3.72. The van der Waals surface area contributed by atoms with E-state index in [2.05, 4.69) is 30.5 Å². The van der Waals surface area contributed by atoms with Gasteiger partial charge in [0.05, 0.1) is 6.61 Å². The van der Waals surface area contributed by atoms with Gasteiger partial charge >= 0.3 is 19.8 Å². The van der Waals surface area contributed by atoms with Crippen LogP contribution >= 0.6 is 7.82 Å². The van der Waals surface area contributed by atoms with Crippen molar-refractivity contribution in [3.05, 3.63) is 12.2 Å². The molecule has 53 heavy (non-hydrogen) atoms. The fourth-order valence-electron chi connectivity index (χ4n) is 6.66. The summed E-state index contributed by atoms with van der Waals surface area (Å²) in [6.07, 6.45) is 45.0. The summed E-state index contributed by atoms with van der Waals surface area (Å²) >= 11 is 0. The van der Waals surface area contributed by atoms with Crippen molar-refractivity contribution in [1.82, 2.24) is 0 Å². The van der Waals surface area contributed by atoms with E-state index in [0.29, 0.717) is 6.42 Å². The Morgan fingerprint density at radius 3 is 1.15 bits per heavy atom. The molecular weight excluding hydrogens is 687 g/mol. The van der Waals surface area contributed by atoms with Crippen LogP contribution in [0.2, 0.25) is 0 Å². The number of allylic oxidation sites excluding steroid dienone is 2. The van der Waals surface area contributed by atoms with E-state index in [1.165, 1.54) is 161 Å². The highest BCUT2D eigenvalue weighted by molar-refractivity contribution is 7.46. The number of carbonyl (C=O) groups excluding carboxylic acids is 2. The Hall–Kier alpha value is -1.21. The summed E-state index contributed by atoms with van der Waals surface area (Å²) < 4.78 is 26.4. The number of hydrogen-bond acceptors (Lipinski definition) is 6. The van der Waals surface area contributed by atoms with Gasteiger partial charge in [0, 0.05) is 12.8 Å². The summed E-state index contributed by atoms with van der Waals surface area (Å²) in [4.78, 5) is 42.9. The summed E-state index contributed by atoms with van der Waals surface area (Å²) in [5.74, 6) is -0.876. The summed E-state index contributed by atoms with van der Waals surface area (Å²) in [5.41, 5.74) is 0. The molecule has 8 nitrogen and oxygen atoms in total. The fraction of sp³-hybridized carbons (Fsp3) is 0.909. The van der Waals surface area contributed by atoms with Crippen molar-refractivity contribution in [3.8, 4) is 0 Å². The molecule has 0 unspecified atom stereocenters. The second-order valence-corrected chi connectivity index (χ2v) is 16.6. The minimum absolute atomic E-state index is 0.212. The van der Waals surface area contributed by atoms with Gasteiger partial charge in [-0.25, -0.2) is 4.57 Å². The molecule has 9 heteroatoms. The highest BCUT2D eigenvalue weighted by Gasteiger charge is 2.23. The third kappa shape index (κ3) is 43.4. The lowest BCUT2D eigenvalue weighted by Crippen LogP contribution is -2.29. The first kappa shape index (κ1) is 51.8. The predicted octanol–water partition coefficient (Wildman–Crippen LogP) is 13.8. The molecule has 0 aromatic carbocycles. The number of phosphoric ester groups is 1. The lowest BCUT2D eigenvalue weighted by atomic mass is 10.0. The monoisotopic (exact) mass is 773 g/mol. The molecule has 0 saturated heterocycles. The second-order valence-electron chi connectivity index (χ2n) is 15.4. The quantitative estimate of drug-likeness (QED) is 0.0272.